The zero-order valence-electron chi connectivity index (χ0n) is 86.7. The molecule has 0 radical (unpaired) electrons. The Hall–Kier alpha value is -12.1. The van der Waals surface area contributed by atoms with Crippen molar-refractivity contribution in [3.8, 4) is 112 Å². The van der Waals surface area contributed by atoms with Gasteiger partial charge >= 0.3 is 0 Å². The molecule has 0 N–H and O–H groups in total. The molecule has 136 heavy (non-hydrogen) atoms. The second-order valence-electron chi connectivity index (χ2n) is 42.1. The topological polar surface area (TPSA) is 19.4 Å². The minimum absolute atomic E-state index is 0.402. The molecule has 5 aromatic heterocycles. The van der Waals surface area contributed by atoms with E-state index in [0.717, 1.165) is 80.0 Å². The number of rotatable bonds is 15. The lowest BCUT2D eigenvalue weighted by atomic mass is 9.71. The van der Waals surface area contributed by atoms with Gasteiger partial charge in [-0.05, 0) is 312 Å². The van der Waals surface area contributed by atoms with E-state index in [1.54, 1.807) is 0 Å². The summed E-state index contributed by atoms with van der Waals surface area (Å²) in [5.74, 6) is 4.72. The fraction of sp³-hybridized carbons (Fsp3) is 0.351. The van der Waals surface area contributed by atoms with Crippen LogP contribution < -0.4 is 22.8 Å². The van der Waals surface area contributed by atoms with E-state index >= 15 is 0 Å². The summed E-state index contributed by atoms with van der Waals surface area (Å²) in [7, 11) is 10.6. The Morgan fingerprint density at radius 2 is 0.441 bits per heavy atom. The highest BCUT2D eigenvalue weighted by Gasteiger charge is 2.30. The van der Waals surface area contributed by atoms with Crippen molar-refractivity contribution in [2.24, 2.45) is 64.3 Å². The Morgan fingerprint density at radius 1 is 0.213 bits per heavy atom. The molecule has 0 spiro atoms. The Bertz CT molecular complexity index is 6610. The van der Waals surface area contributed by atoms with Gasteiger partial charge in [0.15, 0.2) is 31.0 Å². The predicted molar refractivity (Wildman–Crippen MR) is 573 cm³/mol. The average molecular weight is 1800 g/mol. The summed E-state index contributed by atoms with van der Waals surface area (Å²) < 4.78 is 29.0. The van der Waals surface area contributed by atoms with Gasteiger partial charge in [0.1, 0.15) is 35.2 Å². The van der Waals surface area contributed by atoms with Gasteiger partial charge in [0.25, 0.3) is 0 Å². The third-order valence-electron chi connectivity index (χ3n) is 31.3. The summed E-state index contributed by atoms with van der Waals surface area (Å²) in [6.45, 7) is 25.1. The normalized spacial score (nSPS) is 20.5. The number of aromatic nitrogens is 5. The fourth-order valence-electron chi connectivity index (χ4n) is 21.8. The molecule has 15 aromatic rings. The van der Waals surface area contributed by atoms with E-state index in [1.807, 2.05) is 0 Å². The van der Waals surface area contributed by atoms with Crippen LogP contribution in [-0.2, 0) is 35.2 Å². The Kier molecular flexibility index (Phi) is 31.4. The lowest BCUT2D eigenvalue weighted by Crippen LogP contribution is -2.30. The van der Waals surface area contributed by atoms with E-state index in [2.05, 4.69) is 469 Å². The molecule has 0 aliphatic heterocycles. The van der Waals surface area contributed by atoms with Crippen molar-refractivity contribution >= 4 is 0 Å². The van der Waals surface area contributed by atoms with Crippen LogP contribution in [0.3, 0.4) is 0 Å². The summed E-state index contributed by atoms with van der Waals surface area (Å²) >= 11 is 0. The van der Waals surface area contributed by atoms with Crippen LogP contribution in [0.1, 0.15) is 258 Å². The van der Waals surface area contributed by atoms with Gasteiger partial charge in [-0.25, -0.2) is 22.8 Å². The molecule has 696 valence electrons. The monoisotopic (exact) mass is 1800 g/mol. The van der Waals surface area contributed by atoms with Gasteiger partial charge in [-0.2, -0.15) is 0 Å². The van der Waals surface area contributed by atoms with Gasteiger partial charge in [0.05, 0.1) is 0 Å². The number of hydrogen-bond acceptors (Lipinski definition) is 0. The fourth-order valence-corrected chi connectivity index (χ4v) is 21.8. The summed E-state index contributed by atoms with van der Waals surface area (Å²) in [4.78, 5) is 0. The van der Waals surface area contributed by atoms with Crippen molar-refractivity contribution < 1.29 is 25.6 Å². The third-order valence-corrected chi connectivity index (χ3v) is 31.3. The highest BCUT2D eigenvalue weighted by Crippen LogP contribution is 2.46. The van der Waals surface area contributed by atoms with E-state index in [4.69, 9.17) is 2.74 Å². The molecule has 0 saturated heterocycles. The number of benzene rings is 10. The molecule has 5 saturated carbocycles. The Labute approximate surface area is 820 Å². The second kappa shape index (κ2) is 45.3. The third kappa shape index (κ3) is 24.5. The molecular weight excluding hydrogens is 1640 g/mol. The molecule has 10 aromatic carbocycles. The lowest BCUT2D eigenvalue weighted by molar-refractivity contribution is -0.660. The highest BCUT2D eigenvalue weighted by atomic mass is 14.9. The average Bonchev–Trinajstić information content (AvgIpc) is 1.18. The van der Waals surface area contributed by atoms with Crippen LogP contribution >= 0.6 is 0 Å². The molecule has 5 heterocycles. The molecule has 0 bridgehead atoms. The van der Waals surface area contributed by atoms with Gasteiger partial charge in [0.2, 0.25) is 28.5 Å². The number of aryl methyl sites for hydroxylation is 10. The molecule has 5 nitrogen and oxygen atoms in total. The predicted octanol–water partition coefficient (Wildman–Crippen LogP) is 32.6. The van der Waals surface area contributed by atoms with E-state index < -0.39 is 11.8 Å². The first kappa shape index (κ1) is 94.3. The number of hydrogen-bond donors (Lipinski definition) is 0. The van der Waals surface area contributed by atoms with E-state index in [0.29, 0.717) is 5.41 Å². The molecule has 5 aliphatic carbocycles. The largest absolute Gasteiger partial charge is 0.213 e. The van der Waals surface area contributed by atoms with Crippen LogP contribution in [0.2, 0.25) is 0 Å². The standard InChI is InChI=1S/C27H32N.4C26H30N/c1-20-7-5-6-8-25(20)26-19-24(15-18-28(26)4)22-11-9-21(10-12-22)23-13-16-27(2,3)17-14-23;2*1-19-11-13-21(14-12-19)22-8-6-9-23(17-22)24-15-16-27(3)26(18-24)25-10-5-4-7-20(25)2;2*1-19-8-10-21(11-9-19)22-12-14-23(15-13-22)24-16-17-27(3)26(18-24)25-7-5-4-6-20(25)2/h5-12,15,18-19,23H,13-14,16-17H2,1-4H3;2*4-10,15-19,21H,11-14H2,1-3H3;2*4-7,12-19,21H,8-11H2,1-3H3/q5*+1/i;21D;;21D;. The first-order chi connectivity index (χ1) is 66.6. The van der Waals surface area contributed by atoms with Crippen LogP contribution in [-0.4, -0.2) is 0 Å². The molecule has 5 aliphatic rings. The first-order valence-corrected chi connectivity index (χ1v) is 51.4. The molecule has 0 amide bonds. The van der Waals surface area contributed by atoms with Crippen molar-refractivity contribution in [2.45, 2.75) is 234 Å². The van der Waals surface area contributed by atoms with Crippen LogP contribution in [0, 0.1) is 63.7 Å². The minimum atomic E-state index is -0.430. The van der Waals surface area contributed by atoms with Crippen molar-refractivity contribution in [1.82, 2.24) is 0 Å². The van der Waals surface area contributed by atoms with Crippen molar-refractivity contribution in [2.75, 3.05) is 0 Å². The molecule has 0 unspecified atom stereocenters. The second-order valence-corrected chi connectivity index (χ2v) is 42.1. The van der Waals surface area contributed by atoms with Gasteiger partial charge in [-0.1, -0.05) is 305 Å². The SMILES string of the molecule is Cc1ccccc1-c1cc(-c2ccc(C3CCC(C)(C)CC3)cc2)cc[n+]1C.Cc1ccccc1-c1cc(-c2ccc(C3CCC(C)CC3)cc2)cc[n+]1C.Cc1ccccc1-c1cc(-c2cccc(C3CCC(C)CC3)c2)cc[n+]1C.[2H]C1(c2ccc(-c3cc[n+](C)c(-c4ccccc4C)c3)cc2)CCC(C)CC1.[2H]C1(c2cccc(-c3cc[n+](C)c(-c4ccccc4C)c3)c2)CCC(C)CC1. The van der Waals surface area contributed by atoms with Crippen LogP contribution in [0.15, 0.2) is 334 Å². The number of pyridine rings is 5. The van der Waals surface area contributed by atoms with Gasteiger partial charge < -0.3 is 0 Å². The number of nitrogens with zero attached hydrogens (tertiary/aromatic N) is 5. The minimum Gasteiger partial charge on any atom is -0.201 e. The van der Waals surface area contributed by atoms with Crippen molar-refractivity contribution in [3.05, 3.63) is 390 Å². The van der Waals surface area contributed by atoms with Gasteiger partial charge in [0, 0.05) is 91.2 Å². The van der Waals surface area contributed by atoms with Crippen LogP contribution in [0.25, 0.3) is 112 Å². The molecule has 0 atom stereocenters. The maximum Gasteiger partial charge on any atom is 0.213 e. The van der Waals surface area contributed by atoms with Crippen molar-refractivity contribution in [3.63, 3.8) is 0 Å². The van der Waals surface area contributed by atoms with Gasteiger partial charge in [-0.15, -0.1) is 0 Å². The van der Waals surface area contributed by atoms with E-state index in [9.17, 15) is 0 Å². The highest BCUT2D eigenvalue weighted by molar-refractivity contribution is 5.76. The maximum atomic E-state index is 9.05. The molecule has 5 heteroatoms. The maximum absolute atomic E-state index is 9.05. The van der Waals surface area contributed by atoms with E-state index in [1.165, 1.54) is 257 Å². The smallest absolute Gasteiger partial charge is 0.201 e. The summed E-state index contributed by atoms with van der Waals surface area (Å²) in [6, 6.07) is 111. The van der Waals surface area contributed by atoms with Crippen LogP contribution in [0.4, 0.5) is 0 Å². The molecule has 20 rings (SSSR count). The Balaban J connectivity index is 0.000000125. The summed E-state index contributed by atoms with van der Waals surface area (Å²) in [5, 5.41) is 0. The zero-order chi connectivity index (χ0) is 96.8. The quantitative estimate of drug-likeness (QED) is 0.0912. The zero-order valence-corrected chi connectivity index (χ0v) is 84.7. The summed E-state index contributed by atoms with van der Waals surface area (Å²) in [6.07, 6.45) is 35.5. The lowest BCUT2D eigenvalue weighted by Gasteiger charge is -2.34. The summed E-state index contributed by atoms with van der Waals surface area (Å²) in [5.41, 5.74) is 39.3. The van der Waals surface area contributed by atoms with Crippen molar-refractivity contribution in [1.29, 1.82) is 0 Å². The van der Waals surface area contributed by atoms with E-state index in [-0.39, 0.29) is 0 Å². The van der Waals surface area contributed by atoms with Gasteiger partial charge in [-0.3, -0.25) is 0 Å². The Morgan fingerprint density at radius 3 is 0.735 bits per heavy atom. The van der Waals surface area contributed by atoms with Crippen LogP contribution in [0.5, 0.6) is 0 Å². The molecular formula is C131H152N5+5. The first-order valence-electron chi connectivity index (χ1n) is 52.4. The molecule has 5 fully saturated rings.